The zero-order chi connectivity index (χ0) is 13.1. The van der Waals surface area contributed by atoms with E-state index >= 15 is 0 Å². The van der Waals surface area contributed by atoms with Gasteiger partial charge in [0.1, 0.15) is 17.4 Å². The number of hydrogen-bond acceptors (Lipinski definition) is 3. The molecule has 0 radical (unpaired) electrons. The van der Waals surface area contributed by atoms with Gasteiger partial charge in [-0.1, -0.05) is 0 Å². The highest BCUT2D eigenvalue weighted by molar-refractivity contribution is 5.78. The molecule has 1 heterocycles. The van der Waals surface area contributed by atoms with Crippen LogP contribution in [-0.4, -0.2) is 32.1 Å². The van der Waals surface area contributed by atoms with Gasteiger partial charge in [0.15, 0.2) is 0 Å². The standard InChI is InChI=1S/C13H15F2NO2/c1-9(17)6-11-12(14)7-10(8-13(11)15)16-2-4-18-5-3-16/h7-8H,2-6H2,1H3. The van der Waals surface area contributed by atoms with E-state index < -0.39 is 11.6 Å². The Kier molecular flexibility index (Phi) is 3.91. The van der Waals surface area contributed by atoms with Gasteiger partial charge in [0.05, 0.1) is 13.2 Å². The first-order chi connectivity index (χ1) is 8.58. The Morgan fingerprint density at radius 1 is 1.28 bits per heavy atom. The number of benzene rings is 1. The molecule has 1 fully saturated rings. The molecule has 18 heavy (non-hydrogen) atoms. The topological polar surface area (TPSA) is 29.5 Å². The number of hydrogen-bond donors (Lipinski definition) is 0. The van der Waals surface area contributed by atoms with Crippen LogP contribution < -0.4 is 4.90 Å². The summed E-state index contributed by atoms with van der Waals surface area (Å²) in [5, 5.41) is 0. The highest BCUT2D eigenvalue weighted by Crippen LogP contribution is 2.23. The Hall–Kier alpha value is -1.49. The molecule has 0 aromatic heterocycles. The molecular formula is C13H15F2NO2. The van der Waals surface area contributed by atoms with Crippen molar-refractivity contribution in [1.29, 1.82) is 0 Å². The maximum Gasteiger partial charge on any atom is 0.134 e. The predicted molar refractivity (Wildman–Crippen MR) is 63.8 cm³/mol. The predicted octanol–water partition coefficient (Wildman–Crippen LogP) is 1.93. The number of morpholine rings is 1. The molecule has 5 heteroatoms. The lowest BCUT2D eigenvalue weighted by molar-refractivity contribution is -0.116. The van der Waals surface area contributed by atoms with Gasteiger partial charge in [-0.3, -0.25) is 4.79 Å². The maximum atomic E-state index is 13.8. The Morgan fingerprint density at radius 3 is 2.33 bits per heavy atom. The van der Waals surface area contributed by atoms with E-state index in [0.717, 1.165) is 0 Å². The fourth-order valence-electron chi connectivity index (χ4n) is 2.01. The lowest BCUT2D eigenvalue weighted by Gasteiger charge is -2.29. The van der Waals surface area contributed by atoms with Crippen molar-refractivity contribution in [3.8, 4) is 0 Å². The van der Waals surface area contributed by atoms with E-state index in [0.29, 0.717) is 32.0 Å². The Morgan fingerprint density at radius 2 is 1.83 bits per heavy atom. The quantitative estimate of drug-likeness (QED) is 0.826. The van der Waals surface area contributed by atoms with Crippen molar-refractivity contribution in [3.05, 3.63) is 29.3 Å². The Bertz CT molecular complexity index is 433. The van der Waals surface area contributed by atoms with Gasteiger partial charge in [-0.2, -0.15) is 0 Å². The van der Waals surface area contributed by atoms with E-state index in [-0.39, 0.29) is 17.8 Å². The summed E-state index contributed by atoms with van der Waals surface area (Å²) in [6, 6.07) is 2.57. The van der Waals surface area contributed by atoms with Crippen LogP contribution in [0.25, 0.3) is 0 Å². The molecule has 1 aromatic carbocycles. The molecule has 0 atom stereocenters. The van der Waals surface area contributed by atoms with Crippen LogP contribution in [0.5, 0.6) is 0 Å². The van der Waals surface area contributed by atoms with Crippen molar-refractivity contribution in [1.82, 2.24) is 0 Å². The number of rotatable bonds is 3. The molecule has 0 spiro atoms. The summed E-state index contributed by atoms with van der Waals surface area (Å²) in [5.41, 5.74) is 0.347. The van der Waals surface area contributed by atoms with Crippen molar-refractivity contribution in [2.75, 3.05) is 31.2 Å². The van der Waals surface area contributed by atoms with Gasteiger partial charge in [-0.05, 0) is 19.1 Å². The van der Waals surface area contributed by atoms with Crippen molar-refractivity contribution in [2.45, 2.75) is 13.3 Å². The smallest absolute Gasteiger partial charge is 0.134 e. The monoisotopic (exact) mass is 255 g/mol. The van der Waals surface area contributed by atoms with Gasteiger partial charge >= 0.3 is 0 Å². The first kappa shape index (κ1) is 13.0. The molecule has 1 aliphatic heterocycles. The van der Waals surface area contributed by atoms with E-state index in [4.69, 9.17) is 4.74 Å². The lowest BCUT2D eigenvalue weighted by atomic mass is 10.1. The summed E-state index contributed by atoms with van der Waals surface area (Å²) in [4.78, 5) is 12.8. The van der Waals surface area contributed by atoms with Crippen LogP contribution >= 0.6 is 0 Å². The first-order valence-corrected chi connectivity index (χ1v) is 5.88. The molecular weight excluding hydrogens is 240 g/mol. The zero-order valence-corrected chi connectivity index (χ0v) is 10.2. The van der Waals surface area contributed by atoms with Gasteiger partial charge in [0.25, 0.3) is 0 Å². The molecule has 98 valence electrons. The lowest BCUT2D eigenvalue weighted by Crippen LogP contribution is -2.36. The van der Waals surface area contributed by atoms with Crippen molar-refractivity contribution in [2.24, 2.45) is 0 Å². The SMILES string of the molecule is CC(=O)Cc1c(F)cc(N2CCOCC2)cc1F. The summed E-state index contributed by atoms with van der Waals surface area (Å²) in [6.45, 7) is 3.65. The van der Waals surface area contributed by atoms with E-state index in [2.05, 4.69) is 0 Å². The van der Waals surface area contributed by atoms with Gasteiger partial charge in [0.2, 0.25) is 0 Å². The highest BCUT2D eigenvalue weighted by Gasteiger charge is 2.17. The summed E-state index contributed by atoms with van der Waals surface area (Å²) < 4.78 is 32.7. The Balaban J connectivity index is 2.26. The average Bonchev–Trinajstić information content (AvgIpc) is 2.34. The van der Waals surface area contributed by atoms with Crippen LogP contribution in [0.2, 0.25) is 0 Å². The van der Waals surface area contributed by atoms with Crippen LogP contribution in [0.4, 0.5) is 14.5 Å². The number of nitrogens with zero attached hydrogens (tertiary/aromatic N) is 1. The summed E-state index contributed by atoms with van der Waals surface area (Å²) in [7, 11) is 0. The summed E-state index contributed by atoms with van der Waals surface area (Å²) in [6.07, 6.45) is -0.207. The number of ether oxygens (including phenoxy) is 1. The molecule has 0 N–H and O–H groups in total. The van der Waals surface area contributed by atoms with Crippen LogP contribution in [0, 0.1) is 11.6 Å². The molecule has 3 nitrogen and oxygen atoms in total. The number of carbonyl (C=O) groups excluding carboxylic acids is 1. The maximum absolute atomic E-state index is 13.8. The largest absolute Gasteiger partial charge is 0.378 e. The number of carbonyl (C=O) groups is 1. The van der Waals surface area contributed by atoms with Crippen LogP contribution in [0.1, 0.15) is 12.5 Å². The first-order valence-electron chi connectivity index (χ1n) is 5.88. The minimum absolute atomic E-state index is 0.153. The van der Waals surface area contributed by atoms with Crippen molar-refractivity contribution >= 4 is 11.5 Å². The van der Waals surface area contributed by atoms with Crippen molar-refractivity contribution in [3.63, 3.8) is 0 Å². The van der Waals surface area contributed by atoms with Gasteiger partial charge in [-0.15, -0.1) is 0 Å². The fraction of sp³-hybridized carbons (Fsp3) is 0.462. The molecule has 0 bridgehead atoms. The van der Waals surface area contributed by atoms with E-state index in [1.807, 2.05) is 4.90 Å². The molecule has 1 saturated heterocycles. The second kappa shape index (κ2) is 5.44. The number of ketones is 1. The van der Waals surface area contributed by atoms with Crippen LogP contribution in [0.3, 0.4) is 0 Å². The number of halogens is 2. The number of Topliss-reactive ketones (excluding diaryl/α,β-unsaturated/α-hetero) is 1. The van der Waals surface area contributed by atoms with E-state index in [9.17, 15) is 13.6 Å². The minimum atomic E-state index is -0.660. The second-order valence-electron chi connectivity index (χ2n) is 4.37. The summed E-state index contributed by atoms with van der Waals surface area (Å²) >= 11 is 0. The molecule has 1 aliphatic rings. The molecule has 2 rings (SSSR count). The molecule has 1 aromatic rings. The molecule has 0 unspecified atom stereocenters. The normalized spacial score (nSPS) is 15.8. The average molecular weight is 255 g/mol. The van der Waals surface area contributed by atoms with Crippen molar-refractivity contribution < 1.29 is 18.3 Å². The van der Waals surface area contributed by atoms with Gasteiger partial charge < -0.3 is 9.64 Å². The van der Waals surface area contributed by atoms with Gasteiger partial charge in [-0.25, -0.2) is 8.78 Å². The second-order valence-corrected chi connectivity index (χ2v) is 4.37. The Labute approximate surface area is 104 Å². The summed E-state index contributed by atoms with van der Waals surface area (Å²) in [5.74, 6) is -1.58. The highest BCUT2D eigenvalue weighted by atomic mass is 19.1. The third-order valence-electron chi connectivity index (χ3n) is 2.93. The third-order valence-corrected chi connectivity index (χ3v) is 2.93. The minimum Gasteiger partial charge on any atom is -0.378 e. The molecule has 0 aliphatic carbocycles. The molecule has 0 saturated carbocycles. The van der Waals surface area contributed by atoms with E-state index in [1.165, 1.54) is 19.1 Å². The third kappa shape index (κ3) is 2.85. The number of anilines is 1. The fourth-order valence-corrected chi connectivity index (χ4v) is 2.01. The van der Waals surface area contributed by atoms with Crippen LogP contribution in [-0.2, 0) is 16.0 Å². The molecule has 0 amide bonds. The zero-order valence-electron chi connectivity index (χ0n) is 10.2. The van der Waals surface area contributed by atoms with Crippen LogP contribution in [0.15, 0.2) is 12.1 Å². The van der Waals surface area contributed by atoms with Gasteiger partial charge in [0, 0.05) is 30.8 Å². The van der Waals surface area contributed by atoms with E-state index in [1.54, 1.807) is 0 Å².